The summed E-state index contributed by atoms with van der Waals surface area (Å²) in [5.41, 5.74) is 2.17. The zero-order valence-corrected chi connectivity index (χ0v) is 18.4. The quantitative estimate of drug-likeness (QED) is 0.823. The van der Waals surface area contributed by atoms with E-state index in [1.54, 1.807) is 10.9 Å². The first-order chi connectivity index (χ1) is 14.9. The molecule has 4 saturated carbocycles. The van der Waals surface area contributed by atoms with Gasteiger partial charge in [0.1, 0.15) is 6.04 Å². The van der Waals surface area contributed by atoms with E-state index in [0.717, 1.165) is 66.6 Å². The molecule has 164 valence electrons. The fourth-order valence-corrected chi connectivity index (χ4v) is 7.56. The standard InChI is InChI=1S/C24H31N5O2/c1-14-19-9-18(13-25-21(19)28(2)27-14)26-22(30)20-4-3-5-29(20)23(31)24-10-15-6-16(11-24)8-17(7-15)12-24/h9,13,15-17,20H,3-8,10-12H2,1-2H3,(H,26,30)/t15?,16?,17?,20-,24?/m0/s1. The van der Waals surface area contributed by atoms with Crippen LogP contribution in [-0.4, -0.2) is 44.1 Å². The molecule has 1 atom stereocenters. The van der Waals surface area contributed by atoms with Crippen LogP contribution in [0.25, 0.3) is 11.0 Å². The van der Waals surface area contributed by atoms with Crippen molar-refractivity contribution in [3.05, 3.63) is 18.0 Å². The monoisotopic (exact) mass is 421 g/mol. The number of aromatic nitrogens is 3. The van der Waals surface area contributed by atoms with E-state index in [0.29, 0.717) is 12.2 Å². The summed E-state index contributed by atoms with van der Waals surface area (Å²) in [4.78, 5) is 33.4. The maximum atomic E-state index is 13.8. The van der Waals surface area contributed by atoms with Gasteiger partial charge in [-0.15, -0.1) is 0 Å². The lowest BCUT2D eigenvalue weighted by molar-refractivity contribution is -0.160. The Morgan fingerprint density at radius 1 is 1.13 bits per heavy atom. The van der Waals surface area contributed by atoms with E-state index >= 15 is 0 Å². The summed E-state index contributed by atoms with van der Waals surface area (Å²) in [7, 11) is 1.87. The first-order valence-electron chi connectivity index (χ1n) is 11.8. The summed E-state index contributed by atoms with van der Waals surface area (Å²) < 4.78 is 1.75. The minimum Gasteiger partial charge on any atom is -0.330 e. The molecule has 5 fully saturated rings. The first kappa shape index (κ1) is 19.3. The SMILES string of the molecule is Cc1nn(C)c2ncc(NC(=O)[C@@H]3CCCN3C(=O)C34CC5CC(CC(C5)C3)C4)cc12. The van der Waals surface area contributed by atoms with Crippen LogP contribution < -0.4 is 5.32 Å². The average molecular weight is 422 g/mol. The zero-order chi connectivity index (χ0) is 21.3. The van der Waals surface area contributed by atoms with Crippen molar-refractivity contribution in [3.63, 3.8) is 0 Å². The number of amides is 2. The Balaban J connectivity index is 1.21. The molecular weight excluding hydrogens is 390 g/mol. The highest BCUT2D eigenvalue weighted by Crippen LogP contribution is 2.60. The number of pyridine rings is 1. The van der Waals surface area contributed by atoms with E-state index in [-0.39, 0.29) is 23.3 Å². The van der Waals surface area contributed by atoms with Gasteiger partial charge in [-0.2, -0.15) is 5.10 Å². The lowest BCUT2D eigenvalue weighted by atomic mass is 9.49. The van der Waals surface area contributed by atoms with Gasteiger partial charge >= 0.3 is 0 Å². The number of fused-ring (bicyclic) bond motifs is 1. The molecule has 4 aliphatic carbocycles. The second kappa shape index (κ2) is 6.78. The van der Waals surface area contributed by atoms with Crippen molar-refractivity contribution in [1.29, 1.82) is 0 Å². The molecule has 7 heteroatoms. The largest absolute Gasteiger partial charge is 0.330 e. The van der Waals surface area contributed by atoms with Crippen LogP contribution in [0.1, 0.15) is 57.1 Å². The third-order valence-corrected chi connectivity index (χ3v) is 8.44. The summed E-state index contributed by atoms with van der Waals surface area (Å²) in [5, 5.41) is 8.38. The molecule has 0 spiro atoms. The van der Waals surface area contributed by atoms with Gasteiger partial charge in [0.15, 0.2) is 5.65 Å². The van der Waals surface area contributed by atoms with E-state index in [1.807, 2.05) is 24.9 Å². The lowest BCUT2D eigenvalue weighted by Crippen LogP contribution is -2.56. The van der Waals surface area contributed by atoms with Crippen LogP contribution in [0.15, 0.2) is 12.3 Å². The number of hydrogen-bond donors (Lipinski definition) is 1. The Bertz CT molecular complexity index is 1040. The molecular formula is C24H31N5O2. The van der Waals surface area contributed by atoms with Crippen molar-refractivity contribution in [2.24, 2.45) is 30.2 Å². The van der Waals surface area contributed by atoms with Crippen LogP contribution in [-0.2, 0) is 16.6 Å². The number of carbonyl (C=O) groups excluding carboxylic acids is 2. The second-order valence-corrected chi connectivity index (χ2v) is 10.6. The van der Waals surface area contributed by atoms with Crippen LogP contribution >= 0.6 is 0 Å². The van der Waals surface area contributed by atoms with Gasteiger partial charge in [0.05, 0.1) is 23.0 Å². The lowest BCUT2D eigenvalue weighted by Gasteiger charge is -2.56. The summed E-state index contributed by atoms with van der Waals surface area (Å²) in [6, 6.07) is 1.56. The van der Waals surface area contributed by atoms with E-state index in [1.165, 1.54) is 19.3 Å². The number of hydrogen-bond acceptors (Lipinski definition) is 4. The summed E-state index contributed by atoms with van der Waals surface area (Å²) in [6.45, 7) is 2.65. The highest BCUT2D eigenvalue weighted by molar-refractivity contribution is 5.99. The normalized spacial score (nSPS) is 33.9. The average Bonchev–Trinajstić information content (AvgIpc) is 3.31. The predicted molar refractivity (Wildman–Crippen MR) is 117 cm³/mol. The zero-order valence-electron chi connectivity index (χ0n) is 18.4. The molecule has 0 aromatic carbocycles. The molecule has 7 nitrogen and oxygen atoms in total. The minimum absolute atomic E-state index is 0.0849. The van der Waals surface area contributed by atoms with E-state index in [9.17, 15) is 9.59 Å². The number of anilines is 1. The maximum Gasteiger partial charge on any atom is 0.247 e. The van der Waals surface area contributed by atoms with Crippen molar-refractivity contribution < 1.29 is 9.59 Å². The van der Waals surface area contributed by atoms with Gasteiger partial charge in [-0.3, -0.25) is 14.3 Å². The molecule has 2 aromatic rings. The molecule has 4 bridgehead atoms. The highest BCUT2D eigenvalue weighted by Gasteiger charge is 2.56. The number of likely N-dealkylation sites (tertiary alicyclic amines) is 1. The number of nitrogens with zero attached hydrogens (tertiary/aromatic N) is 4. The fraction of sp³-hybridized carbons (Fsp3) is 0.667. The van der Waals surface area contributed by atoms with Crippen LogP contribution in [0.2, 0.25) is 0 Å². The third kappa shape index (κ3) is 2.99. The molecule has 0 unspecified atom stereocenters. The molecule has 2 aromatic heterocycles. The molecule has 1 saturated heterocycles. The van der Waals surface area contributed by atoms with Crippen molar-refractivity contribution in [2.75, 3.05) is 11.9 Å². The van der Waals surface area contributed by atoms with Gasteiger partial charge in [-0.25, -0.2) is 4.98 Å². The van der Waals surface area contributed by atoms with Gasteiger partial charge in [0.25, 0.3) is 0 Å². The van der Waals surface area contributed by atoms with Crippen LogP contribution in [0.5, 0.6) is 0 Å². The molecule has 3 heterocycles. The third-order valence-electron chi connectivity index (χ3n) is 8.44. The van der Waals surface area contributed by atoms with E-state index < -0.39 is 0 Å². The first-order valence-corrected chi connectivity index (χ1v) is 11.8. The van der Waals surface area contributed by atoms with Gasteiger partial charge in [0, 0.05) is 19.0 Å². The van der Waals surface area contributed by atoms with Crippen molar-refractivity contribution in [1.82, 2.24) is 19.7 Å². The number of carbonyl (C=O) groups is 2. The van der Waals surface area contributed by atoms with Crippen LogP contribution in [0.3, 0.4) is 0 Å². The molecule has 7 rings (SSSR count). The Kier molecular flexibility index (Phi) is 4.21. The molecule has 2 amide bonds. The minimum atomic E-state index is -0.369. The van der Waals surface area contributed by atoms with Gasteiger partial charge in [-0.1, -0.05) is 0 Å². The van der Waals surface area contributed by atoms with Gasteiger partial charge in [-0.05, 0) is 82.1 Å². The summed E-state index contributed by atoms with van der Waals surface area (Å²) >= 11 is 0. The van der Waals surface area contributed by atoms with Crippen LogP contribution in [0, 0.1) is 30.1 Å². The van der Waals surface area contributed by atoms with Gasteiger partial charge < -0.3 is 10.2 Å². The van der Waals surface area contributed by atoms with Crippen molar-refractivity contribution in [3.8, 4) is 0 Å². The summed E-state index contributed by atoms with van der Waals surface area (Å²) in [5.74, 6) is 2.36. The smallest absolute Gasteiger partial charge is 0.247 e. The Morgan fingerprint density at radius 3 is 2.48 bits per heavy atom. The van der Waals surface area contributed by atoms with Gasteiger partial charge in [0.2, 0.25) is 11.8 Å². The number of rotatable bonds is 3. The van der Waals surface area contributed by atoms with Crippen molar-refractivity contribution in [2.45, 2.75) is 64.3 Å². The highest BCUT2D eigenvalue weighted by atomic mass is 16.2. The molecule has 0 radical (unpaired) electrons. The molecule has 31 heavy (non-hydrogen) atoms. The Labute approximate surface area is 182 Å². The second-order valence-electron chi connectivity index (χ2n) is 10.6. The molecule has 1 aliphatic heterocycles. The molecule has 1 N–H and O–H groups in total. The fourth-order valence-electron chi connectivity index (χ4n) is 7.56. The molecule has 5 aliphatic rings. The predicted octanol–water partition coefficient (Wildman–Crippen LogP) is 3.42. The van der Waals surface area contributed by atoms with Crippen LogP contribution in [0.4, 0.5) is 5.69 Å². The summed E-state index contributed by atoms with van der Waals surface area (Å²) in [6.07, 6.45) is 10.4. The Hall–Kier alpha value is -2.44. The number of aryl methyl sites for hydroxylation is 2. The maximum absolute atomic E-state index is 13.8. The van der Waals surface area contributed by atoms with Crippen molar-refractivity contribution >= 4 is 28.5 Å². The van der Waals surface area contributed by atoms with E-state index in [4.69, 9.17) is 0 Å². The Morgan fingerprint density at radius 2 is 1.81 bits per heavy atom. The van der Waals surface area contributed by atoms with E-state index in [2.05, 4.69) is 15.4 Å². The number of nitrogens with one attached hydrogen (secondary N) is 1. The topological polar surface area (TPSA) is 80.1 Å².